The fourth-order valence-corrected chi connectivity index (χ4v) is 2.92. The maximum absolute atomic E-state index is 5.50. The number of nitrogens with one attached hydrogen (secondary N) is 1. The zero-order chi connectivity index (χ0) is 13.7. The summed E-state index contributed by atoms with van der Waals surface area (Å²) in [6.45, 7) is 11.0. The number of likely N-dealkylation sites (tertiary alicyclic amines) is 1. The van der Waals surface area contributed by atoms with Crippen LogP contribution in [-0.4, -0.2) is 35.6 Å². The van der Waals surface area contributed by atoms with Gasteiger partial charge < -0.3 is 14.6 Å². The second-order valence-electron chi connectivity index (χ2n) is 5.74. The summed E-state index contributed by atoms with van der Waals surface area (Å²) in [5.41, 5.74) is 0. The standard InChI is InChI=1S/C15H27N3O/c1-4-7-18-8-5-6-14(11-18)13(3)16-10-15-17-9-12(2)19-15/h9,13-14,16H,4-8,10-11H2,1-3H3. The molecule has 108 valence electrons. The number of oxazole rings is 1. The Bertz CT molecular complexity index is 375. The molecule has 4 nitrogen and oxygen atoms in total. The molecule has 1 aromatic heterocycles. The van der Waals surface area contributed by atoms with Crippen molar-refractivity contribution in [3.05, 3.63) is 17.8 Å². The number of hydrogen-bond acceptors (Lipinski definition) is 4. The predicted octanol–water partition coefficient (Wildman–Crippen LogP) is 2.58. The molecule has 0 aromatic carbocycles. The van der Waals surface area contributed by atoms with Gasteiger partial charge in [-0.15, -0.1) is 0 Å². The van der Waals surface area contributed by atoms with Crippen LogP contribution in [0.1, 0.15) is 44.8 Å². The average molecular weight is 265 g/mol. The van der Waals surface area contributed by atoms with Gasteiger partial charge in [0.2, 0.25) is 5.89 Å². The van der Waals surface area contributed by atoms with E-state index in [1.807, 2.05) is 6.92 Å². The summed E-state index contributed by atoms with van der Waals surface area (Å²) < 4.78 is 5.50. The first-order valence-corrected chi connectivity index (χ1v) is 7.56. The zero-order valence-electron chi connectivity index (χ0n) is 12.5. The molecule has 2 rings (SSSR count). The van der Waals surface area contributed by atoms with E-state index in [1.165, 1.54) is 38.9 Å². The molecule has 1 aromatic rings. The first-order chi connectivity index (χ1) is 9.19. The minimum absolute atomic E-state index is 0.520. The van der Waals surface area contributed by atoms with Gasteiger partial charge in [-0.3, -0.25) is 0 Å². The van der Waals surface area contributed by atoms with Crippen LogP contribution in [0.15, 0.2) is 10.6 Å². The van der Waals surface area contributed by atoms with E-state index in [9.17, 15) is 0 Å². The molecular formula is C15H27N3O. The fourth-order valence-electron chi connectivity index (χ4n) is 2.92. The molecule has 0 amide bonds. The summed E-state index contributed by atoms with van der Waals surface area (Å²) in [6.07, 6.45) is 5.70. The summed E-state index contributed by atoms with van der Waals surface area (Å²) in [7, 11) is 0. The van der Waals surface area contributed by atoms with Crippen LogP contribution in [0.4, 0.5) is 0 Å². The first-order valence-electron chi connectivity index (χ1n) is 7.56. The summed E-state index contributed by atoms with van der Waals surface area (Å²) in [6, 6.07) is 0.520. The minimum Gasteiger partial charge on any atom is -0.445 e. The van der Waals surface area contributed by atoms with Gasteiger partial charge in [0.05, 0.1) is 12.7 Å². The molecule has 0 saturated carbocycles. The van der Waals surface area contributed by atoms with Crippen LogP contribution >= 0.6 is 0 Å². The molecule has 4 heteroatoms. The van der Waals surface area contributed by atoms with E-state index in [4.69, 9.17) is 4.42 Å². The third kappa shape index (κ3) is 4.32. The van der Waals surface area contributed by atoms with E-state index < -0.39 is 0 Å². The zero-order valence-corrected chi connectivity index (χ0v) is 12.5. The lowest BCUT2D eigenvalue weighted by Crippen LogP contribution is -2.44. The molecule has 0 aliphatic carbocycles. The van der Waals surface area contributed by atoms with Gasteiger partial charge in [-0.1, -0.05) is 6.92 Å². The first kappa shape index (κ1) is 14.5. The molecule has 2 atom stereocenters. The normalized spacial score (nSPS) is 22.6. The summed E-state index contributed by atoms with van der Waals surface area (Å²) in [4.78, 5) is 6.84. The van der Waals surface area contributed by atoms with Gasteiger partial charge >= 0.3 is 0 Å². The van der Waals surface area contributed by atoms with Gasteiger partial charge in [-0.05, 0) is 52.1 Å². The number of piperidine rings is 1. The maximum atomic E-state index is 5.50. The van der Waals surface area contributed by atoms with Crippen LogP contribution in [0.3, 0.4) is 0 Å². The summed E-state index contributed by atoms with van der Waals surface area (Å²) in [5.74, 6) is 2.43. The lowest BCUT2D eigenvalue weighted by Gasteiger charge is -2.35. The Morgan fingerprint density at radius 1 is 1.58 bits per heavy atom. The second kappa shape index (κ2) is 7.06. The second-order valence-corrected chi connectivity index (χ2v) is 5.74. The quantitative estimate of drug-likeness (QED) is 0.858. The monoisotopic (exact) mass is 265 g/mol. The van der Waals surface area contributed by atoms with E-state index in [0.29, 0.717) is 6.04 Å². The van der Waals surface area contributed by atoms with Crippen molar-refractivity contribution in [2.24, 2.45) is 5.92 Å². The van der Waals surface area contributed by atoms with E-state index >= 15 is 0 Å². The highest BCUT2D eigenvalue weighted by atomic mass is 16.4. The van der Waals surface area contributed by atoms with Crippen molar-refractivity contribution in [1.82, 2.24) is 15.2 Å². The van der Waals surface area contributed by atoms with Crippen molar-refractivity contribution in [2.75, 3.05) is 19.6 Å². The maximum Gasteiger partial charge on any atom is 0.208 e. The summed E-state index contributed by atoms with van der Waals surface area (Å²) >= 11 is 0. The summed E-state index contributed by atoms with van der Waals surface area (Å²) in [5, 5.41) is 3.56. The Balaban J connectivity index is 1.77. The molecule has 1 fully saturated rings. The van der Waals surface area contributed by atoms with Crippen molar-refractivity contribution >= 4 is 0 Å². The van der Waals surface area contributed by atoms with Crippen LogP contribution in [0, 0.1) is 12.8 Å². The minimum atomic E-state index is 0.520. The largest absolute Gasteiger partial charge is 0.445 e. The van der Waals surface area contributed by atoms with Crippen LogP contribution in [0.5, 0.6) is 0 Å². The van der Waals surface area contributed by atoms with Crippen molar-refractivity contribution in [1.29, 1.82) is 0 Å². The highest BCUT2D eigenvalue weighted by molar-refractivity contribution is 4.91. The number of hydrogen-bond donors (Lipinski definition) is 1. The van der Waals surface area contributed by atoms with Crippen molar-refractivity contribution in [3.63, 3.8) is 0 Å². The fraction of sp³-hybridized carbons (Fsp3) is 0.800. The predicted molar refractivity (Wildman–Crippen MR) is 77.0 cm³/mol. The Kier molecular flexibility index (Phi) is 5.40. The van der Waals surface area contributed by atoms with Crippen LogP contribution in [-0.2, 0) is 6.54 Å². The molecule has 2 unspecified atom stereocenters. The average Bonchev–Trinajstić information content (AvgIpc) is 2.82. The number of nitrogens with zero attached hydrogens (tertiary/aromatic N) is 2. The van der Waals surface area contributed by atoms with E-state index in [-0.39, 0.29) is 0 Å². The SMILES string of the molecule is CCCN1CCCC(C(C)NCc2ncc(C)o2)C1. The third-order valence-corrected chi connectivity index (χ3v) is 4.03. The molecule has 1 aliphatic rings. The van der Waals surface area contributed by atoms with Gasteiger partial charge in [0, 0.05) is 12.6 Å². The molecular weight excluding hydrogens is 238 g/mol. The molecule has 2 heterocycles. The van der Waals surface area contributed by atoms with E-state index in [2.05, 4.69) is 29.0 Å². The van der Waals surface area contributed by atoms with Crippen LogP contribution < -0.4 is 5.32 Å². The highest BCUT2D eigenvalue weighted by Crippen LogP contribution is 2.20. The topological polar surface area (TPSA) is 41.3 Å². The Morgan fingerprint density at radius 2 is 2.42 bits per heavy atom. The van der Waals surface area contributed by atoms with Gasteiger partial charge in [0.15, 0.2) is 0 Å². The van der Waals surface area contributed by atoms with Crippen molar-refractivity contribution in [3.8, 4) is 0 Å². The van der Waals surface area contributed by atoms with Crippen molar-refractivity contribution in [2.45, 2.75) is 52.6 Å². The molecule has 0 spiro atoms. The van der Waals surface area contributed by atoms with Crippen LogP contribution in [0.2, 0.25) is 0 Å². The third-order valence-electron chi connectivity index (χ3n) is 4.03. The molecule has 1 aliphatic heterocycles. The van der Waals surface area contributed by atoms with Gasteiger partial charge in [0.25, 0.3) is 0 Å². The Morgan fingerprint density at radius 3 is 3.11 bits per heavy atom. The molecule has 0 bridgehead atoms. The lowest BCUT2D eigenvalue weighted by molar-refractivity contribution is 0.149. The van der Waals surface area contributed by atoms with E-state index in [0.717, 1.165) is 24.1 Å². The smallest absolute Gasteiger partial charge is 0.208 e. The van der Waals surface area contributed by atoms with Gasteiger partial charge in [0.1, 0.15) is 5.76 Å². The highest BCUT2D eigenvalue weighted by Gasteiger charge is 2.24. The van der Waals surface area contributed by atoms with E-state index in [1.54, 1.807) is 6.20 Å². The lowest BCUT2D eigenvalue weighted by atomic mass is 9.91. The molecule has 0 radical (unpaired) electrons. The van der Waals surface area contributed by atoms with Gasteiger partial charge in [-0.25, -0.2) is 4.98 Å². The Labute approximate surface area is 116 Å². The molecule has 19 heavy (non-hydrogen) atoms. The van der Waals surface area contributed by atoms with Crippen molar-refractivity contribution < 1.29 is 4.42 Å². The number of aromatic nitrogens is 1. The van der Waals surface area contributed by atoms with Crippen LogP contribution in [0.25, 0.3) is 0 Å². The van der Waals surface area contributed by atoms with Gasteiger partial charge in [-0.2, -0.15) is 0 Å². The Hall–Kier alpha value is -0.870. The molecule has 1 saturated heterocycles. The number of aryl methyl sites for hydroxylation is 1. The number of rotatable bonds is 6. The molecule has 1 N–H and O–H groups in total.